The molecule has 1 aromatic rings. The van der Waals surface area contributed by atoms with Crippen LogP contribution in [0.4, 0.5) is 0 Å². The summed E-state index contributed by atoms with van der Waals surface area (Å²) in [6.45, 7) is 7.98. The highest BCUT2D eigenvalue weighted by molar-refractivity contribution is 5.85. The zero-order chi connectivity index (χ0) is 12.2. The van der Waals surface area contributed by atoms with E-state index < -0.39 is 0 Å². The Balaban J connectivity index is 2.58. The van der Waals surface area contributed by atoms with Crippen molar-refractivity contribution in [1.29, 1.82) is 0 Å². The highest BCUT2D eigenvalue weighted by Crippen LogP contribution is 2.26. The monoisotopic (exact) mass is 219 g/mol. The average molecular weight is 219 g/mol. The van der Waals surface area contributed by atoms with E-state index in [1.165, 1.54) is 0 Å². The molecule has 0 N–H and O–H groups in total. The molecule has 0 unspecified atom stereocenters. The Morgan fingerprint density at radius 1 is 1.38 bits per heavy atom. The Morgan fingerprint density at radius 2 is 2.06 bits per heavy atom. The zero-order valence-corrected chi connectivity index (χ0v) is 10.7. The van der Waals surface area contributed by atoms with Crippen LogP contribution in [-0.2, 0) is 11.2 Å². The summed E-state index contributed by atoms with van der Waals surface area (Å²) in [5.74, 6) is 0.446. The third kappa shape index (κ3) is 3.44. The van der Waals surface area contributed by atoms with Crippen molar-refractivity contribution >= 4 is 5.78 Å². The number of nitrogens with zero attached hydrogens (tertiary/aromatic N) is 1. The number of pyridine rings is 1. The molecule has 88 valence electrons. The maximum Gasteiger partial charge on any atom is 0.141 e. The Labute approximate surface area is 98.1 Å². The van der Waals surface area contributed by atoms with Gasteiger partial charge in [-0.3, -0.25) is 9.78 Å². The van der Waals surface area contributed by atoms with Gasteiger partial charge in [0.2, 0.25) is 0 Å². The minimum absolute atomic E-state index is 0.110. The molecule has 1 aromatic heterocycles. The molecule has 0 atom stereocenters. The SMILES string of the molecule is CC(C)C(=O)C(C)(C)CCc1ccccn1. The van der Waals surface area contributed by atoms with E-state index in [2.05, 4.69) is 4.98 Å². The van der Waals surface area contributed by atoms with E-state index in [4.69, 9.17) is 0 Å². The van der Waals surface area contributed by atoms with E-state index in [-0.39, 0.29) is 11.3 Å². The summed E-state index contributed by atoms with van der Waals surface area (Å²) in [6, 6.07) is 5.91. The summed E-state index contributed by atoms with van der Waals surface area (Å²) in [4.78, 5) is 16.2. The van der Waals surface area contributed by atoms with Gasteiger partial charge in [0.15, 0.2) is 0 Å². The van der Waals surface area contributed by atoms with E-state index in [0.717, 1.165) is 18.5 Å². The molecule has 0 saturated heterocycles. The fourth-order valence-corrected chi connectivity index (χ4v) is 1.89. The van der Waals surface area contributed by atoms with Gasteiger partial charge in [-0.25, -0.2) is 0 Å². The number of aryl methyl sites for hydroxylation is 1. The van der Waals surface area contributed by atoms with E-state index in [0.29, 0.717) is 5.78 Å². The largest absolute Gasteiger partial charge is 0.299 e. The topological polar surface area (TPSA) is 30.0 Å². The standard InChI is InChI=1S/C14H21NO/c1-11(2)13(16)14(3,4)9-8-12-7-5-6-10-15-12/h5-7,10-11H,8-9H2,1-4H3. The maximum atomic E-state index is 12.0. The molecule has 0 aromatic carbocycles. The summed E-state index contributed by atoms with van der Waals surface area (Å²) in [7, 11) is 0. The summed E-state index contributed by atoms with van der Waals surface area (Å²) in [6.07, 6.45) is 3.53. The van der Waals surface area contributed by atoms with Gasteiger partial charge in [0, 0.05) is 23.2 Å². The van der Waals surface area contributed by atoms with Gasteiger partial charge in [-0.1, -0.05) is 33.8 Å². The molecule has 0 bridgehead atoms. The first-order valence-electron chi connectivity index (χ1n) is 5.88. The third-order valence-electron chi connectivity index (χ3n) is 2.92. The Bertz CT molecular complexity index is 341. The summed E-state index contributed by atoms with van der Waals surface area (Å²) in [5, 5.41) is 0. The molecule has 1 rings (SSSR count). The number of hydrogen-bond acceptors (Lipinski definition) is 2. The van der Waals surface area contributed by atoms with Crippen molar-refractivity contribution in [2.45, 2.75) is 40.5 Å². The van der Waals surface area contributed by atoms with Gasteiger partial charge in [-0.15, -0.1) is 0 Å². The Kier molecular flexibility index (Phi) is 4.22. The van der Waals surface area contributed by atoms with Crippen LogP contribution in [0.25, 0.3) is 0 Å². The number of ketones is 1. The summed E-state index contributed by atoms with van der Waals surface area (Å²) in [5.41, 5.74) is 0.818. The number of carbonyl (C=O) groups is 1. The number of Topliss-reactive ketones (excluding diaryl/α,β-unsaturated/α-hetero) is 1. The van der Waals surface area contributed by atoms with Crippen LogP contribution < -0.4 is 0 Å². The minimum atomic E-state index is -0.244. The number of carbonyl (C=O) groups excluding carboxylic acids is 1. The lowest BCUT2D eigenvalue weighted by atomic mass is 9.78. The second kappa shape index (κ2) is 5.24. The van der Waals surface area contributed by atoms with E-state index in [9.17, 15) is 4.79 Å². The molecule has 0 spiro atoms. The van der Waals surface area contributed by atoms with Crippen molar-refractivity contribution in [1.82, 2.24) is 4.98 Å². The number of rotatable bonds is 5. The van der Waals surface area contributed by atoms with E-state index in [1.807, 2.05) is 45.9 Å². The van der Waals surface area contributed by atoms with Crippen molar-refractivity contribution < 1.29 is 4.79 Å². The lowest BCUT2D eigenvalue weighted by molar-refractivity contribution is -0.130. The molecule has 16 heavy (non-hydrogen) atoms. The van der Waals surface area contributed by atoms with Crippen LogP contribution >= 0.6 is 0 Å². The number of hydrogen-bond donors (Lipinski definition) is 0. The fraction of sp³-hybridized carbons (Fsp3) is 0.571. The van der Waals surface area contributed by atoms with Crippen LogP contribution in [0, 0.1) is 11.3 Å². The van der Waals surface area contributed by atoms with Gasteiger partial charge >= 0.3 is 0 Å². The molecule has 0 aliphatic carbocycles. The van der Waals surface area contributed by atoms with Gasteiger partial charge in [-0.05, 0) is 25.0 Å². The molecule has 0 radical (unpaired) electrons. The van der Waals surface area contributed by atoms with Gasteiger partial charge in [0.1, 0.15) is 5.78 Å². The minimum Gasteiger partial charge on any atom is -0.299 e. The molecule has 1 heterocycles. The molecule has 2 heteroatoms. The zero-order valence-electron chi connectivity index (χ0n) is 10.7. The fourth-order valence-electron chi connectivity index (χ4n) is 1.89. The summed E-state index contributed by atoms with van der Waals surface area (Å²) < 4.78 is 0. The molecule has 0 aliphatic heterocycles. The first-order chi connectivity index (χ1) is 7.43. The highest BCUT2D eigenvalue weighted by atomic mass is 16.1. The second-order valence-corrected chi connectivity index (χ2v) is 5.22. The van der Waals surface area contributed by atoms with Crippen molar-refractivity contribution in [2.75, 3.05) is 0 Å². The van der Waals surface area contributed by atoms with Crippen molar-refractivity contribution in [3.63, 3.8) is 0 Å². The Morgan fingerprint density at radius 3 is 2.56 bits per heavy atom. The van der Waals surface area contributed by atoms with Crippen LogP contribution in [0.1, 0.15) is 39.8 Å². The van der Waals surface area contributed by atoms with Gasteiger partial charge in [0.25, 0.3) is 0 Å². The predicted octanol–water partition coefficient (Wildman–Crippen LogP) is 3.27. The molecular formula is C14H21NO. The van der Waals surface area contributed by atoms with Crippen LogP contribution in [0.2, 0.25) is 0 Å². The first kappa shape index (κ1) is 12.9. The van der Waals surface area contributed by atoms with E-state index in [1.54, 1.807) is 6.20 Å². The van der Waals surface area contributed by atoms with E-state index >= 15 is 0 Å². The highest BCUT2D eigenvalue weighted by Gasteiger charge is 2.28. The van der Waals surface area contributed by atoms with Crippen LogP contribution in [0.5, 0.6) is 0 Å². The smallest absolute Gasteiger partial charge is 0.141 e. The predicted molar refractivity (Wildman–Crippen MR) is 66.2 cm³/mol. The normalized spacial score (nSPS) is 11.8. The average Bonchev–Trinajstić information content (AvgIpc) is 2.27. The molecule has 0 amide bonds. The number of aromatic nitrogens is 1. The molecule has 0 saturated carbocycles. The van der Waals surface area contributed by atoms with Gasteiger partial charge in [-0.2, -0.15) is 0 Å². The summed E-state index contributed by atoms with van der Waals surface area (Å²) >= 11 is 0. The van der Waals surface area contributed by atoms with Crippen molar-refractivity contribution in [3.05, 3.63) is 30.1 Å². The van der Waals surface area contributed by atoms with Crippen molar-refractivity contribution in [2.24, 2.45) is 11.3 Å². The first-order valence-corrected chi connectivity index (χ1v) is 5.88. The molecular weight excluding hydrogens is 198 g/mol. The maximum absolute atomic E-state index is 12.0. The lowest BCUT2D eigenvalue weighted by Crippen LogP contribution is -2.29. The van der Waals surface area contributed by atoms with Crippen LogP contribution in [0.3, 0.4) is 0 Å². The van der Waals surface area contributed by atoms with Gasteiger partial charge < -0.3 is 0 Å². The molecule has 0 fully saturated rings. The van der Waals surface area contributed by atoms with Gasteiger partial charge in [0.05, 0.1) is 0 Å². The van der Waals surface area contributed by atoms with Crippen molar-refractivity contribution in [3.8, 4) is 0 Å². The molecule has 2 nitrogen and oxygen atoms in total. The lowest BCUT2D eigenvalue weighted by Gasteiger charge is -2.24. The van der Waals surface area contributed by atoms with Crippen LogP contribution in [0.15, 0.2) is 24.4 Å². The quantitative estimate of drug-likeness (QED) is 0.760. The second-order valence-electron chi connectivity index (χ2n) is 5.22. The van der Waals surface area contributed by atoms with Crippen LogP contribution in [-0.4, -0.2) is 10.8 Å². The third-order valence-corrected chi connectivity index (χ3v) is 2.92. The Hall–Kier alpha value is -1.18. The molecule has 0 aliphatic rings.